The Kier molecular flexibility index (Phi) is 6.44. The van der Waals surface area contributed by atoms with Gasteiger partial charge in [-0.1, -0.05) is 103 Å². The lowest BCUT2D eigenvalue weighted by atomic mass is 9.98. The molecule has 5 nitrogen and oxygen atoms in total. The minimum absolute atomic E-state index is 0.608. The van der Waals surface area contributed by atoms with E-state index >= 15 is 0 Å². The fourth-order valence-corrected chi connectivity index (χ4v) is 5.96. The zero-order chi connectivity index (χ0) is 30.2. The van der Waals surface area contributed by atoms with Gasteiger partial charge in [-0.05, 0) is 59.7 Å². The molecule has 5 heteroatoms. The zero-order valence-corrected chi connectivity index (χ0v) is 24.2. The maximum atomic E-state index is 9.82. The number of nitriles is 1. The van der Waals surface area contributed by atoms with Crippen molar-refractivity contribution in [3.63, 3.8) is 0 Å². The molecule has 0 aliphatic carbocycles. The highest BCUT2D eigenvalue weighted by Gasteiger charge is 2.17. The molecule has 0 amide bonds. The largest absolute Gasteiger partial charge is 0.309 e. The van der Waals surface area contributed by atoms with Crippen molar-refractivity contribution in [1.29, 1.82) is 5.26 Å². The van der Waals surface area contributed by atoms with Crippen molar-refractivity contribution in [3.8, 4) is 57.0 Å². The number of para-hydroxylation sites is 1. The third kappa shape index (κ3) is 4.71. The van der Waals surface area contributed by atoms with Crippen LogP contribution in [0.3, 0.4) is 0 Å². The molecule has 0 spiro atoms. The van der Waals surface area contributed by atoms with Crippen molar-refractivity contribution >= 4 is 21.8 Å². The van der Waals surface area contributed by atoms with E-state index < -0.39 is 0 Å². The van der Waals surface area contributed by atoms with Crippen LogP contribution in [-0.2, 0) is 0 Å². The minimum atomic E-state index is 0.608. The fourth-order valence-electron chi connectivity index (χ4n) is 5.96. The van der Waals surface area contributed by atoms with Crippen LogP contribution in [0.2, 0.25) is 0 Å². The number of fused-ring (bicyclic) bond motifs is 3. The molecule has 2 heterocycles. The SMILES string of the molecule is N#Cc1ccccc1-c1ccc2c(c1)c1cc(-c3nc(-c4ccccc4)nc(-c4ccccc4)n3)ccc1n2-c1ccccc1. The van der Waals surface area contributed by atoms with Crippen LogP contribution in [0, 0.1) is 11.3 Å². The van der Waals surface area contributed by atoms with Gasteiger partial charge in [0.25, 0.3) is 0 Å². The molecule has 0 atom stereocenters. The van der Waals surface area contributed by atoms with Gasteiger partial charge in [0.15, 0.2) is 17.5 Å². The second kappa shape index (κ2) is 11.0. The molecule has 210 valence electrons. The molecule has 0 saturated carbocycles. The van der Waals surface area contributed by atoms with E-state index in [2.05, 4.69) is 71.3 Å². The van der Waals surface area contributed by atoms with E-state index in [9.17, 15) is 5.26 Å². The second-order valence-electron chi connectivity index (χ2n) is 10.8. The summed E-state index contributed by atoms with van der Waals surface area (Å²) in [6.07, 6.45) is 0. The van der Waals surface area contributed by atoms with Crippen LogP contribution in [0.5, 0.6) is 0 Å². The molecule has 0 bridgehead atoms. The standard InChI is InChI=1S/C40H25N5/c41-26-31-16-10-11-19-33(31)29-20-22-36-34(24-29)35-25-30(21-23-37(35)45(36)32-17-8-3-9-18-32)40-43-38(27-12-4-1-5-13-27)42-39(44-40)28-14-6-2-7-15-28/h1-25H. The average Bonchev–Trinajstić information content (AvgIpc) is 3.45. The Morgan fingerprint density at radius 2 is 0.911 bits per heavy atom. The smallest absolute Gasteiger partial charge is 0.164 e. The van der Waals surface area contributed by atoms with E-state index in [0.717, 1.165) is 55.3 Å². The van der Waals surface area contributed by atoms with Gasteiger partial charge in [-0.3, -0.25) is 0 Å². The topological polar surface area (TPSA) is 67.4 Å². The quantitative estimate of drug-likeness (QED) is 0.205. The number of nitrogens with zero attached hydrogens (tertiary/aromatic N) is 5. The molecule has 45 heavy (non-hydrogen) atoms. The highest BCUT2D eigenvalue weighted by atomic mass is 15.0. The van der Waals surface area contributed by atoms with E-state index in [1.54, 1.807) is 0 Å². The maximum absolute atomic E-state index is 9.82. The lowest BCUT2D eigenvalue weighted by Gasteiger charge is -2.09. The first-order valence-corrected chi connectivity index (χ1v) is 14.8. The van der Waals surface area contributed by atoms with Crippen LogP contribution in [0.1, 0.15) is 5.56 Å². The summed E-state index contributed by atoms with van der Waals surface area (Å²) in [5.41, 5.74) is 8.55. The number of hydrogen-bond acceptors (Lipinski definition) is 4. The molecule has 8 rings (SSSR count). The van der Waals surface area contributed by atoms with Crippen molar-refractivity contribution in [2.45, 2.75) is 0 Å². The van der Waals surface area contributed by atoms with Crippen molar-refractivity contribution in [3.05, 3.63) is 157 Å². The number of rotatable bonds is 5. The average molecular weight is 576 g/mol. The van der Waals surface area contributed by atoms with Gasteiger partial charge in [-0.15, -0.1) is 0 Å². The van der Waals surface area contributed by atoms with Gasteiger partial charge >= 0.3 is 0 Å². The monoisotopic (exact) mass is 575 g/mol. The minimum Gasteiger partial charge on any atom is -0.309 e. The highest BCUT2D eigenvalue weighted by molar-refractivity contribution is 6.11. The Morgan fingerprint density at radius 3 is 1.49 bits per heavy atom. The van der Waals surface area contributed by atoms with Gasteiger partial charge in [-0.2, -0.15) is 5.26 Å². The van der Waals surface area contributed by atoms with Crippen molar-refractivity contribution < 1.29 is 0 Å². The second-order valence-corrected chi connectivity index (χ2v) is 10.8. The molecule has 0 unspecified atom stereocenters. The predicted molar refractivity (Wildman–Crippen MR) is 181 cm³/mol. The summed E-state index contributed by atoms with van der Waals surface area (Å²) < 4.78 is 2.28. The zero-order valence-electron chi connectivity index (χ0n) is 24.2. The Hall–Kier alpha value is -6.38. The van der Waals surface area contributed by atoms with E-state index in [1.165, 1.54) is 0 Å². The molecule has 0 aliphatic heterocycles. The first kappa shape index (κ1) is 26.3. The lowest BCUT2D eigenvalue weighted by Crippen LogP contribution is -2.00. The summed E-state index contributed by atoms with van der Waals surface area (Å²) in [6, 6.07) is 53.3. The molecule has 0 N–H and O–H groups in total. The molecule has 0 radical (unpaired) electrons. The summed E-state index contributed by atoms with van der Waals surface area (Å²) in [7, 11) is 0. The Morgan fingerprint density at radius 1 is 0.444 bits per heavy atom. The Balaban J connectivity index is 1.38. The van der Waals surface area contributed by atoms with E-state index in [4.69, 9.17) is 15.0 Å². The number of aromatic nitrogens is 4. The third-order valence-corrected chi connectivity index (χ3v) is 8.10. The van der Waals surface area contributed by atoms with Gasteiger partial charge in [0.2, 0.25) is 0 Å². The van der Waals surface area contributed by atoms with Crippen LogP contribution in [-0.4, -0.2) is 19.5 Å². The number of hydrogen-bond donors (Lipinski definition) is 0. The molecule has 0 aliphatic rings. The summed E-state index contributed by atoms with van der Waals surface area (Å²) in [6.45, 7) is 0. The van der Waals surface area contributed by atoms with E-state index in [1.807, 2.05) is 91.0 Å². The van der Waals surface area contributed by atoms with Crippen LogP contribution in [0.25, 0.3) is 72.8 Å². The van der Waals surface area contributed by atoms with Gasteiger partial charge < -0.3 is 4.57 Å². The first-order valence-electron chi connectivity index (χ1n) is 14.8. The van der Waals surface area contributed by atoms with Gasteiger partial charge in [-0.25, -0.2) is 15.0 Å². The Labute approximate surface area is 260 Å². The summed E-state index contributed by atoms with van der Waals surface area (Å²) in [5, 5.41) is 12.0. The molecular formula is C40H25N5. The lowest BCUT2D eigenvalue weighted by molar-refractivity contribution is 1.07. The van der Waals surface area contributed by atoms with E-state index in [-0.39, 0.29) is 0 Å². The van der Waals surface area contributed by atoms with Crippen molar-refractivity contribution in [2.24, 2.45) is 0 Å². The fraction of sp³-hybridized carbons (Fsp3) is 0. The summed E-state index contributed by atoms with van der Waals surface area (Å²) >= 11 is 0. The van der Waals surface area contributed by atoms with Crippen molar-refractivity contribution in [2.75, 3.05) is 0 Å². The van der Waals surface area contributed by atoms with Crippen LogP contribution >= 0.6 is 0 Å². The molecular weight excluding hydrogens is 550 g/mol. The first-order chi connectivity index (χ1) is 22.3. The molecule has 0 fully saturated rings. The van der Waals surface area contributed by atoms with Crippen molar-refractivity contribution in [1.82, 2.24) is 19.5 Å². The van der Waals surface area contributed by atoms with Crippen LogP contribution < -0.4 is 0 Å². The predicted octanol–water partition coefficient (Wildman–Crippen LogP) is 9.51. The summed E-state index contributed by atoms with van der Waals surface area (Å²) in [5.74, 6) is 1.86. The molecule has 0 saturated heterocycles. The van der Waals surface area contributed by atoms with Crippen LogP contribution in [0.4, 0.5) is 0 Å². The molecule has 2 aromatic heterocycles. The molecule has 6 aromatic carbocycles. The normalized spacial score (nSPS) is 11.1. The summed E-state index contributed by atoms with van der Waals surface area (Å²) in [4.78, 5) is 14.8. The highest BCUT2D eigenvalue weighted by Crippen LogP contribution is 2.37. The molecule has 8 aromatic rings. The number of benzene rings is 6. The maximum Gasteiger partial charge on any atom is 0.164 e. The third-order valence-electron chi connectivity index (χ3n) is 8.10. The van der Waals surface area contributed by atoms with Crippen LogP contribution in [0.15, 0.2) is 152 Å². The van der Waals surface area contributed by atoms with Gasteiger partial charge in [0.05, 0.1) is 22.7 Å². The van der Waals surface area contributed by atoms with Gasteiger partial charge in [0, 0.05) is 33.2 Å². The Bertz CT molecular complexity index is 2310. The van der Waals surface area contributed by atoms with E-state index in [0.29, 0.717) is 23.0 Å². The van der Waals surface area contributed by atoms with Gasteiger partial charge in [0.1, 0.15) is 0 Å².